The highest BCUT2D eigenvalue weighted by Crippen LogP contribution is 2.48. The van der Waals surface area contributed by atoms with E-state index in [-0.39, 0.29) is 0 Å². The van der Waals surface area contributed by atoms with Crippen LogP contribution in [0.5, 0.6) is 0 Å². The van der Waals surface area contributed by atoms with Gasteiger partial charge in [-0.15, -0.1) is 11.3 Å². The average Bonchev–Trinajstić information content (AvgIpc) is 3.73. The second kappa shape index (κ2) is 15.8. The van der Waals surface area contributed by atoms with Crippen LogP contribution in [0.3, 0.4) is 0 Å². The fourth-order valence-corrected chi connectivity index (χ4v) is 9.60. The second-order valence-corrected chi connectivity index (χ2v) is 16.3. The molecule has 0 bridgehead atoms. The first-order valence-corrected chi connectivity index (χ1v) is 21.3. The Kier molecular flexibility index (Phi) is 9.38. The minimum Gasteiger partial charge on any atom is -0.208 e. The molecule has 0 saturated carbocycles. The van der Waals surface area contributed by atoms with Crippen LogP contribution in [0.1, 0.15) is 0 Å². The van der Waals surface area contributed by atoms with Crippen molar-refractivity contribution in [2.45, 2.75) is 0 Å². The minimum absolute atomic E-state index is 0.623. The fourth-order valence-electron chi connectivity index (χ4n) is 8.31. The molecule has 11 rings (SSSR count). The van der Waals surface area contributed by atoms with Gasteiger partial charge in [-0.1, -0.05) is 182 Å². The summed E-state index contributed by atoms with van der Waals surface area (Å²) in [6, 6.07) is 79.6. The van der Waals surface area contributed by atoms with E-state index in [9.17, 15) is 0 Å². The van der Waals surface area contributed by atoms with E-state index in [4.69, 9.17) is 15.0 Å². The topological polar surface area (TPSA) is 38.7 Å². The number of hydrogen-bond donors (Lipinski definition) is 0. The highest BCUT2D eigenvalue weighted by atomic mass is 32.1. The molecule has 0 spiro atoms. The van der Waals surface area contributed by atoms with E-state index in [2.05, 4.69) is 188 Å². The largest absolute Gasteiger partial charge is 0.208 e. The zero-order valence-electron chi connectivity index (χ0n) is 33.1. The average molecular weight is 796 g/mol. The van der Waals surface area contributed by atoms with Gasteiger partial charge < -0.3 is 0 Å². The standard InChI is InChI=1S/C57H37N3S/c1-7-19-38(20-8-1)44-31-47(33-48(32-44)57-59-55(42-27-15-5-16-28-42)58-56(60-57)43-29-17-6-18-30-43)50-35-45(39-21-9-2-10-22-39)36-51-53-49(41-25-13-4-14-26-41)34-46(37-52(53)61-54(50)51)40-23-11-3-12-24-40/h1-37H. The summed E-state index contributed by atoms with van der Waals surface area (Å²) < 4.78 is 2.48. The maximum absolute atomic E-state index is 5.20. The van der Waals surface area contributed by atoms with E-state index < -0.39 is 0 Å². The van der Waals surface area contributed by atoms with Crippen LogP contribution in [0.2, 0.25) is 0 Å². The Bertz CT molecular complexity index is 3260. The van der Waals surface area contributed by atoms with Gasteiger partial charge in [0.2, 0.25) is 0 Å². The molecule has 9 aromatic carbocycles. The van der Waals surface area contributed by atoms with Gasteiger partial charge in [-0.25, -0.2) is 15.0 Å². The summed E-state index contributed by atoms with van der Waals surface area (Å²) in [6.07, 6.45) is 0. The zero-order valence-corrected chi connectivity index (χ0v) is 33.9. The molecular weight excluding hydrogens is 759 g/mol. The predicted molar refractivity (Wildman–Crippen MR) is 256 cm³/mol. The normalized spacial score (nSPS) is 11.3. The SMILES string of the molecule is c1ccc(-c2cc(-c3nc(-c4ccccc4)nc(-c4ccccc4)n3)cc(-c3cc(-c4ccccc4)cc4c3sc3cc(-c5ccccc5)cc(-c5ccccc5)c34)c2)cc1. The molecule has 61 heavy (non-hydrogen) atoms. The van der Waals surface area contributed by atoms with Gasteiger partial charge in [0.15, 0.2) is 17.5 Å². The molecule has 286 valence electrons. The van der Waals surface area contributed by atoms with E-state index in [0.29, 0.717) is 17.5 Å². The molecule has 0 aliphatic heterocycles. The van der Waals surface area contributed by atoms with Crippen molar-refractivity contribution in [3.63, 3.8) is 0 Å². The lowest BCUT2D eigenvalue weighted by Gasteiger charge is -2.14. The van der Waals surface area contributed by atoms with Gasteiger partial charge in [-0.3, -0.25) is 0 Å². The minimum atomic E-state index is 0.623. The van der Waals surface area contributed by atoms with Crippen LogP contribution in [0.25, 0.3) is 110 Å². The molecular formula is C57H37N3S. The Morgan fingerprint density at radius 3 is 1.11 bits per heavy atom. The van der Waals surface area contributed by atoms with Crippen molar-refractivity contribution < 1.29 is 0 Å². The number of nitrogens with zero attached hydrogens (tertiary/aromatic N) is 3. The third-order valence-corrected chi connectivity index (χ3v) is 12.5. The van der Waals surface area contributed by atoms with E-state index in [1.165, 1.54) is 53.6 Å². The molecule has 11 aromatic rings. The Morgan fingerprint density at radius 1 is 0.262 bits per heavy atom. The van der Waals surface area contributed by atoms with Gasteiger partial charge in [0.1, 0.15) is 0 Å². The molecule has 0 atom stereocenters. The van der Waals surface area contributed by atoms with Crippen LogP contribution < -0.4 is 0 Å². The molecule has 0 fully saturated rings. The molecule has 4 heteroatoms. The lowest BCUT2D eigenvalue weighted by molar-refractivity contribution is 1.07. The Balaban J connectivity index is 1.21. The van der Waals surface area contributed by atoms with Crippen LogP contribution in [0.4, 0.5) is 0 Å². The van der Waals surface area contributed by atoms with Gasteiger partial charge >= 0.3 is 0 Å². The van der Waals surface area contributed by atoms with Gasteiger partial charge in [-0.2, -0.15) is 0 Å². The number of aromatic nitrogens is 3. The Morgan fingerprint density at radius 2 is 0.623 bits per heavy atom. The first-order chi connectivity index (χ1) is 30.2. The van der Waals surface area contributed by atoms with Gasteiger partial charge in [-0.05, 0) is 92.5 Å². The van der Waals surface area contributed by atoms with Gasteiger partial charge in [0.25, 0.3) is 0 Å². The Labute approximate surface area is 359 Å². The summed E-state index contributed by atoms with van der Waals surface area (Å²) in [5.74, 6) is 1.89. The number of fused-ring (bicyclic) bond motifs is 3. The summed E-state index contributed by atoms with van der Waals surface area (Å²) in [4.78, 5) is 15.4. The number of rotatable bonds is 8. The number of hydrogen-bond acceptors (Lipinski definition) is 4. The van der Waals surface area contributed by atoms with Crippen LogP contribution in [-0.2, 0) is 0 Å². The van der Waals surface area contributed by atoms with Crippen molar-refractivity contribution in [1.29, 1.82) is 0 Å². The molecule has 0 amide bonds. The van der Waals surface area contributed by atoms with Crippen molar-refractivity contribution in [1.82, 2.24) is 15.0 Å². The van der Waals surface area contributed by atoms with E-state index in [0.717, 1.165) is 38.9 Å². The first kappa shape index (κ1) is 36.3. The van der Waals surface area contributed by atoms with E-state index in [1.54, 1.807) is 0 Å². The van der Waals surface area contributed by atoms with Gasteiger partial charge in [0.05, 0.1) is 0 Å². The first-order valence-electron chi connectivity index (χ1n) is 20.5. The molecule has 2 heterocycles. The third kappa shape index (κ3) is 7.09. The quantitative estimate of drug-likeness (QED) is 0.154. The third-order valence-electron chi connectivity index (χ3n) is 11.3. The highest BCUT2D eigenvalue weighted by Gasteiger charge is 2.21. The molecule has 0 aliphatic carbocycles. The maximum Gasteiger partial charge on any atom is 0.164 e. The highest BCUT2D eigenvalue weighted by molar-refractivity contribution is 7.26. The van der Waals surface area contributed by atoms with Crippen molar-refractivity contribution in [3.05, 3.63) is 224 Å². The summed E-state index contributed by atoms with van der Waals surface area (Å²) in [7, 11) is 0. The summed E-state index contributed by atoms with van der Waals surface area (Å²) in [5, 5.41) is 2.50. The van der Waals surface area contributed by atoms with Crippen LogP contribution in [0.15, 0.2) is 224 Å². The number of thiophene rings is 1. The molecule has 3 nitrogen and oxygen atoms in total. The zero-order chi connectivity index (χ0) is 40.5. The summed E-state index contributed by atoms with van der Waals surface area (Å²) in [6.45, 7) is 0. The Hall–Kier alpha value is -7.79. The van der Waals surface area contributed by atoms with E-state index in [1.807, 2.05) is 47.7 Å². The lowest BCUT2D eigenvalue weighted by atomic mass is 9.90. The summed E-state index contributed by atoms with van der Waals surface area (Å²) in [5.41, 5.74) is 14.4. The number of benzene rings is 9. The predicted octanol–water partition coefficient (Wildman–Crippen LogP) is 15.6. The van der Waals surface area contributed by atoms with E-state index >= 15 is 0 Å². The summed E-state index contributed by atoms with van der Waals surface area (Å²) >= 11 is 1.87. The lowest BCUT2D eigenvalue weighted by Crippen LogP contribution is -2.00. The molecule has 2 aromatic heterocycles. The van der Waals surface area contributed by atoms with Gasteiger partial charge in [0, 0.05) is 42.4 Å². The molecule has 0 radical (unpaired) electrons. The molecule has 0 unspecified atom stereocenters. The molecule has 0 saturated heterocycles. The van der Waals surface area contributed by atoms with Crippen molar-refractivity contribution in [3.8, 4) is 89.8 Å². The second-order valence-electron chi connectivity index (χ2n) is 15.2. The van der Waals surface area contributed by atoms with Crippen molar-refractivity contribution in [2.24, 2.45) is 0 Å². The van der Waals surface area contributed by atoms with Crippen LogP contribution >= 0.6 is 11.3 Å². The molecule has 0 N–H and O–H groups in total. The smallest absolute Gasteiger partial charge is 0.164 e. The fraction of sp³-hybridized carbons (Fsp3) is 0. The van der Waals surface area contributed by atoms with Crippen molar-refractivity contribution in [2.75, 3.05) is 0 Å². The maximum atomic E-state index is 5.20. The van der Waals surface area contributed by atoms with Crippen LogP contribution in [0, 0.1) is 0 Å². The molecule has 0 aliphatic rings. The monoisotopic (exact) mass is 795 g/mol. The van der Waals surface area contributed by atoms with Crippen molar-refractivity contribution >= 4 is 31.5 Å². The van der Waals surface area contributed by atoms with Crippen LogP contribution in [-0.4, -0.2) is 15.0 Å².